The van der Waals surface area contributed by atoms with E-state index in [9.17, 15) is 0 Å². The highest BCUT2D eigenvalue weighted by Crippen LogP contribution is 2.07. The van der Waals surface area contributed by atoms with Gasteiger partial charge < -0.3 is 10.8 Å². The van der Waals surface area contributed by atoms with E-state index >= 15 is 0 Å². The van der Waals surface area contributed by atoms with E-state index in [-0.39, 0.29) is 12.4 Å². The highest BCUT2D eigenvalue weighted by Gasteiger charge is 2.04. The smallest absolute Gasteiger partial charge is 0.122 e. The van der Waals surface area contributed by atoms with Gasteiger partial charge in [-0.2, -0.15) is 0 Å². The fourth-order valence-electron chi connectivity index (χ4n) is 1.78. The van der Waals surface area contributed by atoms with Gasteiger partial charge in [-0.25, -0.2) is 0 Å². The molecule has 94 valence electrons. The predicted octanol–water partition coefficient (Wildman–Crippen LogP) is 1.17. The molecule has 1 aromatic rings. The van der Waals surface area contributed by atoms with E-state index in [1.807, 2.05) is 24.3 Å². The molecule has 4 heteroatoms. The number of benzene rings is 1. The Morgan fingerprint density at radius 1 is 1.29 bits per heavy atom. The quantitative estimate of drug-likeness (QED) is 0.491. The van der Waals surface area contributed by atoms with Crippen LogP contribution in [0.3, 0.4) is 0 Å². The Bertz CT molecular complexity index is 342. The number of nitrogens with one attached hydrogen (secondary N) is 1. The number of aliphatic hydroxyl groups excluding tert-OH is 1. The number of nitrogens with two attached hydrogens (primary N) is 1. The number of rotatable bonds is 7. The third kappa shape index (κ3) is 4.54. The first-order valence-corrected chi connectivity index (χ1v) is 5.94. The summed E-state index contributed by atoms with van der Waals surface area (Å²) in [7, 11) is 0. The molecule has 0 bridgehead atoms. The standard InChI is InChI=1S/C13H21N3O/c1-2-7-16(8-9-17)10-11-3-5-12(6-4-11)13(14)15/h3-6,17H,2,7-10H2,1H3,(H3,14,15). The number of nitrogen functional groups attached to an aromatic ring is 1. The lowest BCUT2D eigenvalue weighted by Gasteiger charge is -2.20. The molecule has 17 heavy (non-hydrogen) atoms. The lowest BCUT2D eigenvalue weighted by molar-refractivity contribution is 0.190. The van der Waals surface area contributed by atoms with Crippen molar-refractivity contribution >= 4 is 5.84 Å². The maximum atomic E-state index is 8.97. The minimum absolute atomic E-state index is 0.0947. The Labute approximate surface area is 103 Å². The van der Waals surface area contributed by atoms with Crippen LogP contribution in [0, 0.1) is 5.41 Å². The Morgan fingerprint density at radius 2 is 1.94 bits per heavy atom. The van der Waals surface area contributed by atoms with Crippen molar-refractivity contribution in [3.8, 4) is 0 Å². The zero-order valence-corrected chi connectivity index (χ0v) is 10.3. The minimum atomic E-state index is 0.0947. The van der Waals surface area contributed by atoms with Crippen LogP contribution in [-0.2, 0) is 6.54 Å². The summed E-state index contributed by atoms with van der Waals surface area (Å²) in [5, 5.41) is 16.3. The van der Waals surface area contributed by atoms with Crippen LogP contribution in [0.15, 0.2) is 24.3 Å². The number of nitrogens with zero attached hydrogens (tertiary/aromatic N) is 1. The molecule has 0 aliphatic carbocycles. The van der Waals surface area contributed by atoms with E-state index in [2.05, 4.69) is 11.8 Å². The summed E-state index contributed by atoms with van der Waals surface area (Å²) in [5.74, 6) is 0.0947. The monoisotopic (exact) mass is 235 g/mol. The highest BCUT2D eigenvalue weighted by atomic mass is 16.3. The Balaban J connectivity index is 2.62. The molecule has 0 radical (unpaired) electrons. The summed E-state index contributed by atoms with van der Waals surface area (Å²) < 4.78 is 0. The lowest BCUT2D eigenvalue weighted by Crippen LogP contribution is -2.27. The molecule has 0 heterocycles. The van der Waals surface area contributed by atoms with Gasteiger partial charge in [0.15, 0.2) is 0 Å². The number of amidine groups is 1. The van der Waals surface area contributed by atoms with Crippen molar-refractivity contribution in [3.05, 3.63) is 35.4 Å². The van der Waals surface area contributed by atoms with Crippen LogP contribution in [0.5, 0.6) is 0 Å². The van der Waals surface area contributed by atoms with Gasteiger partial charge in [-0.15, -0.1) is 0 Å². The second-order valence-corrected chi connectivity index (χ2v) is 4.11. The third-order valence-electron chi connectivity index (χ3n) is 2.63. The number of hydrogen-bond donors (Lipinski definition) is 3. The molecule has 4 N–H and O–H groups in total. The average Bonchev–Trinajstić information content (AvgIpc) is 2.30. The van der Waals surface area contributed by atoms with E-state index in [0.717, 1.165) is 25.1 Å². The van der Waals surface area contributed by atoms with Crippen molar-refractivity contribution < 1.29 is 5.11 Å². The molecule has 0 spiro atoms. The first-order chi connectivity index (χ1) is 8.17. The minimum Gasteiger partial charge on any atom is -0.395 e. The summed E-state index contributed by atoms with van der Waals surface area (Å²) in [5.41, 5.74) is 7.33. The molecule has 0 aliphatic heterocycles. The van der Waals surface area contributed by atoms with E-state index in [1.165, 1.54) is 5.56 Å². The molecule has 0 aliphatic rings. The summed E-state index contributed by atoms with van der Waals surface area (Å²) in [6.07, 6.45) is 1.07. The fourth-order valence-corrected chi connectivity index (χ4v) is 1.78. The highest BCUT2D eigenvalue weighted by molar-refractivity contribution is 5.94. The molecule has 0 fully saturated rings. The molecule has 0 aromatic heterocycles. The van der Waals surface area contributed by atoms with Crippen molar-refractivity contribution in [2.24, 2.45) is 5.73 Å². The van der Waals surface area contributed by atoms with Crippen LogP contribution in [0.2, 0.25) is 0 Å². The SMILES string of the molecule is CCCN(CCO)Cc1ccc(C(=N)N)cc1. The normalized spacial score (nSPS) is 10.8. The van der Waals surface area contributed by atoms with Crippen LogP contribution >= 0.6 is 0 Å². The number of hydrogen-bond acceptors (Lipinski definition) is 3. The van der Waals surface area contributed by atoms with Crippen LogP contribution in [0.1, 0.15) is 24.5 Å². The average molecular weight is 235 g/mol. The third-order valence-corrected chi connectivity index (χ3v) is 2.63. The van der Waals surface area contributed by atoms with Crippen molar-refractivity contribution in [1.29, 1.82) is 5.41 Å². The van der Waals surface area contributed by atoms with Gasteiger partial charge in [-0.3, -0.25) is 10.3 Å². The van der Waals surface area contributed by atoms with Gasteiger partial charge in [0.2, 0.25) is 0 Å². The van der Waals surface area contributed by atoms with Gasteiger partial charge in [0, 0.05) is 18.7 Å². The molecule has 4 nitrogen and oxygen atoms in total. The van der Waals surface area contributed by atoms with E-state index in [0.29, 0.717) is 6.54 Å². The van der Waals surface area contributed by atoms with Gasteiger partial charge >= 0.3 is 0 Å². The summed E-state index contributed by atoms with van der Waals surface area (Å²) in [4.78, 5) is 2.21. The second kappa shape index (κ2) is 7.04. The Kier molecular flexibility index (Phi) is 5.66. The van der Waals surface area contributed by atoms with E-state index in [1.54, 1.807) is 0 Å². The molecule has 1 rings (SSSR count). The van der Waals surface area contributed by atoms with Crippen LogP contribution in [0.4, 0.5) is 0 Å². The predicted molar refractivity (Wildman–Crippen MR) is 70.1 cm³/mol. The fraction of sp³-hybridized carbons (Fsp3) is 0.462. The molecular formula is C13H21N3O. The van der Waals surface area contributed by atoms with Gasteiger partial charge in [-0.1, -0.05) is 31.2 Å². The van der Waals surface area contributed by atoms with E-state index < -0.39 is 0 Å². The van der Waals surface area contributed by atoms with Crippen LogP contribution in [-0.4, -0.2) is 35.5 Å². The Hall–Kier alpha value is -1.39. The first-order valence-electron chi connectivity index (χ1n) is 5.94. The summed E-state index contributed by atoms with van der Waals surface area (Å²) >= 11 is 0. The summed E-state index contributed by atoms with van der Waals surface area (Å²) in [6, 6.07) is 7.69. The largest absolute Gasteiger partial charge is 0.395 e. The molecule has 0 unspecified atom stereocenters. The van der Waals surface area contributed by atoms with Gasteiger partial charge in [-0.05, 0) is 18.5 Å². The first kappa shape index (κ1) is 13.7. The molecule has 0 amide bonds. The van der Waals surface area contributed by atoms with Gasteiger partial charge in [0.1, 0.15) is 5.84 Å². The maximum absolute atomic E-state index is 8.97. The molecule has 0 saturated heterocycles. The molecular weight excluding hydrogens is 214 g/mol. The zero-order chi connectivity index (χ0) is 12.7. The maximum Gasteiger partial charge on any atom is 0.122 e. The zero-order valence-electron chi connectivity index (χ0n) is 10.3. The van der Waals surface area contributed by atoms with Gasteiger partial charge in [0.25, 0.3) is 0 Å². The van der Waals surface area contributed by atoms with Crippen molar-refractivity contribution in [2.75, 3.05) is 19.7 Å². The summed E-state index contributed by atoms with van der Waals surface area (Å²) in [6.45, 7) is 4.82. The topological polar surface area (TPSA) is 73.3 Å². The lowest BCUT2D eigenvalue weighted by atomic mass is 10.1. The number of aliphatic hydroxyl groups is 1. The molecule has 0 saturated carbocycles. The Morgan fingerprint density at radius 3 is 2.41 bits per heavy atom. The van der Waals surface area contributed by atoms with Crippen LogP contribution < -0.4 is 5.73 Å². The van der Waals surface area contributed by atoms with Crippen molar-refractivity contribution in [3.63, 3.8) is 0 Å². The van der Waals surface area contributed by atoms with E-state index in [4.69, 9.17) is 16.2 Å². The van der Waals surface area contributed by atoms with Crippen molar-refractivity contribution in [2.45, 2.75) is 19.9 Å². The molecule has 0 atom stereocenters. The second-order valence-electron chi connectivity index (χ2n) is 4.11. The van der Waals surface area contributed by atoms with Crippen LogP contribution in [0.25, 0.3) is 0 Å². The van der Waals surface area contributed by atoms with Crippen molar-refractivity contribution in [1.82, 2.24) is 4.90 Å². The molecule has 1 aromatic carbocycles. The van der Waals surface area contributed by atoms with Gasteiger partial charge in [0.05, 0.1) is 6.61 Å².